The van der Waals surface area contributed by atoms with Crippen LogP contribution in [0.5, 0.6) is 0 Å². The van der Waals surface area contributed by atoms with E-state index in [9.17, 15) is 13.2 Å². The van der Waals surface area contributed by atoms with E-state index in [1.165, 1.54) is 12.8 Å². The van der Waals surface area contributed by atoms with Gasteiger partial charge in [0, 0.05) is 35.2 Å². The Morgan fingerprint density at radius 3 is 2.31 bits per heavy atom. The van der Waals surface area contributed by atoms with Crippen molar-refractivity contribution in [3.63, 3.8) is 0 Å². The molecule has 8 heteroatoms. The number of benzene rings is 3. The van der Waals surface area contributed by atoms with Crippen molar-refractivity contribution in [3.8, 4) is 11.1 Å². The number of nitrogens with one attached hydrogen (secondary N) is 3. The Kier molecular flexibility index (Phi) is 7.51. The number of likely N-dealkylation sites (tertiary alicyclic amines) is 1. The molecule has 1 aromatic heterocycles. The van der Waals surface area contributed by atoms with Gasteiger partial charge in [-0.25, -0.2) is 8.42 Å². The van der Waals surface area contributed by atoms with E-state index in [0.29, 0.717) is 17.9 Å². The summed E-state index contributed by atoms with van der Waals surface area (Å²) in [6.07, 6.45) is 2.42. The number of carbonyl (C=O) groups excluding carboxylic acids is 1. The minimum absolute atomic E-state index is 0.0684. The van der Waals surface area contributed by atoms with Crippen LogP contribution in [0.4, 0.5) is 5.69 Å². The number of sulfonamides is 1. The van der Waals surface area contributed by atoms with E-state index < -0.39 is 10.0 Å². The first-order valence-corrected chi connectivity index (χ1v) is 15.0. The first-order chi connectivity index (χ1) is 18.6. The van der Waals surface area contributed by atoms with Crippen molar-refractivity contribution >= 4 is 32.5 Å². The smallest absolute Gasteiger partial charge is 0.268 e. The van der Waals surface area contributed by atoms with Gasteiger partial charge in [0.05, 0.1) is 4.90 Å². The maximum atomic E-state index is 13.3. The Morgan fingerprint density at radius 2 is 1.64 bits per heavy atom. The van der Waals surface area contributed by atoms with Crippen LogP contribution in [-0.4, -0.2) is 50.4 Å². The maximum absolute atomic E-state index is 13.3. The molecule has 0 spiro atoms. The fraction of sp³-hybridized carbons (Fsp3) is 0.323. The van der Waals surface area contributed by atoms with Crippen LogP contribution in [0.3, 0.4) is 0 Å². The van der Waals surface area contributed by atoms with E-state index in [2.05, 4.69) is 40.7 Å². The van der Waals surface area contributed by atoms with Gasteiger partial charge >= 0.3 is 0 Å². The van der Waals surface area contributed by atoms with Crippen LogP contribution in [0, 0.1) is 0 Å². The molecule has 5 rings (SSSR count). The molecule has 0 bridgehead atoms. The van der Waals surface area contributed by atoms with E-state index >= 15 is 0 Å². The number of amides is 1. The Balaban J connectivity index is 1.44. The molecule has 0 saturated carbocycles. The third-order valence-electron chi connectivity index (χ3n) is 7.28. The SMILES string of the molecule is CC(C)(C)c1ccc(S(=O)(=O)Nc2ccc3[nH]c(C(=O)NCCN4CCCC4)c(-c4ccccc4)c3c2)cc1. The Hall–Kier alpha value is -3.62. The highest BCUT2D eigenvalue weighted by atomic mass is 32.2. The van der Waals surface area contributed by atoms with Crippen molar-refractivity contribution < 1.29 is 13.2 Å². The first kappa shape index (κ1) is 27.0. The van der Waals surface area contributed by atoms with Crippen molar-refractivity contribution in [3.05, 3.63) is 84.1 Å². The molecule has 1 aliphatic rings. The van der Waals surface area contributed by atoms with Crippen LogP contribution >= 0.6 is 0 Å². The van der Waals surface area contributed by atoms with E-state index in [1.807, 2.05) is 48.5 Å². The molecule has 7 nitrogen and oxygen atoms in total. The lowest BCUT2D eigenvalue weighted by molar-refractivity contribution is 0.0946. The molecule has 3 N–H and O–H groups in total. The van der Waals surface area contributed by atoms with Crippen LogP contribution in [0.15, 0.2) is 77.7 Å². The van der Waals surface area contributed by atoms with Crippen LogP contribution in [0.2, 0.25) is 0 Å². The lowest BCUT2D eigenvalue weighted by atomic mass is 9.87. The van der Waals surface area contributed by atoms with Crippen molar-refractivity contribution in [1.82, 2.24) is 15.2 Å². The monoisotopic (exact) mass is 544 g/mol. The lowest BCUT2D eigenvalue weighted by Gasteiger charge is -2.19. The molecule has 0 unspecified atom stereocenters. The molecule has 0 radical (unpaired) electrons. The van der Waals surface area contributed by atoms with Gasteiger partial charge in [-0.15, -0.1) is 0 Å². The maximum Gasteiger partial charge on any atom is 0.268 e. The molecule has 1 fully saturated rings. The lowest BCUT2D eigenvalue weighted by Crippen LogP contribution is -2.33. The zero-order valence-corrected chi connectivity index (χ0v) is 23.6. The number of nitrogens with zero attached hydrogens (tertiary/aromatic N) is 1. The van der Waals surface area contributed by atoms with Crippen molar-refractivity contribution in [2.75, 3.05) is 30.9 Å². The Labute approximate surface area is 230 Å². The fourth-order valence-corrected chi connectivity index (χ4v) is 6.15. The predicted octanol–water partition coefficient (Wildman–Crippen LogP) is 5.76. The van der Waals surface area contributed by atoms with Gasteiger partial charge in [0.25, 0.3) is 15.9 Å². The van der Waals surface area contributed by atoms with E-state index in [1.54, 1.807) is 24.3 Å². The van der Waals surface area contributed by atoms with Crippen LogP contribution in [0.1, 0.15) is 49.7 Å². The molecule has 3 aromatic carbocycles. The molecule has 1 amide bonds. The normalized spacial score (nSPS) is 14.5. The van der Waals surface area contributed by atoms with Gasteiger partial charge in [-0.2, -0.15) is 0 Å². The number of anilines is 1. The quantitative estimate of drug-likeness (QED) is 0.263. The first-order valence-electron chi connectivity index (χ1n) is 13.5. The second-order valence-electron chi connectivity index (χ2n) is 11.2. The zero-order valence-electron chi connectivity index (χ0n) is 22.8. The van der Waals surface area contributed by atoms with Crippen LogP contribution < -0.4 is 10.0 Å². The average Bonchev–Trinajstić information content (AvgIpc) is 3.56. The van der Waals surface area contributed by atoms with E-state index in [-0.39, 0.29) is 16.2 Å². The van der Waals surface area contributed by atoms with E-state index in [0.717, 1.165) is 47.2 Å². The topological polar surface area (TPSA) is 94.3 Å². The highest BCUT2D eigenvalue weighted by molar-refractivity contribution is 7.92. The summed E-state index contributed by atoms with van der Waals surface area (Å²) in [6, 6.07) is 22.0. The number of carbonyl (C=O) groups is 1. The standard InChI is InChI=1S/C31H36N4O3S/c1-31(2,3)23-11-14-25(15-12-23)39(37,38)34-24-13-16-27-26(21-24)28(22-9-5-4-6-10-22)29(33-27)30(36)32-17-20-35-18-7-8-19-35/h4-6,9-16,21,33-34H,7-8,17-20H2,1-3H3,(H,32,36). The Morgan fingerprint density at radius 1 is 0.949 bits per heavy atom. The molecule has 0 aliphatic carbocycles. The fourth-order valence-electron chi connectivity index (χ4n) is 5.10. The Bertz CT molecular complexity index is 1560. The second kappa shape index (κ2) is 10.9. The average molecular weight is 545 g/mol. The molecular weight excluding hydrogens is 508 g/mol. The third-order valence-corrected chi connectivity index (χ3v) is 8.68. The minimum Gasteiger partial charge on any atom is -0.350 e. The molecule has 204 valence electrons. The molecular formula is C31H36N4O3S. The molecule has 1 aliphatic heterocycles. The van der Waals surface area contributed by atoms with Gasteiger partial charge in [0.1, 0.15) is 5.69 Å². The summed E-state index contributed by atoms with van der Waals surface area (Å²) in [5, 5.41) is 3.84. The largest absolute Gasteiger partial charge is 0.350 e. The van der Waals surface area contributed by atoms with Crippen LogP contribution in [-0.2, 0) is 15.4 Å². The van der Waals surface area contributed by atoms with Gasteiger partial charge < -0.3 is 15.2 Å². The second-order valence-corrected chi connectivity index (χ2v) is 12.9. The number of hydrogen-bond acceptors (Lipinski definition) is 4. The number of hydrogen-bond donors (Lipinski definition) is 3. The highest BCUT2D eigenvalue weighted by Crippen LogP contribution is 2.35. The summed E-state index contributed by atoms with van der Waals surface area (Å²) < 4.78 is 29.1. The number of aromatic amines is 1. The van der Waals surface area contributed by atoms with Gasteiger partial charge in [-0.3, -0.25) is 9.52 Å². The van der Waals surface area contributed by atoms with Crippen molar-refractivity contribution in [2.24, 2.45) is 0 Å². The summed E-state index contributed by atoms with van der Waals surface area (Å²) in [5.41, 5.74) is 4.28. The third kappa shape index (κ3) is 6.02. The summed E-state index contributed by atoms with van der Waals surface area (Å²) in [5.74, 6) is -0.176. The highest BCUT2D eigenvalue weighted by Gasteiger charge is 2.22. The number of aromatic nitrogens is 1. The van der Waals surface area contributed by atoms with Gasteiger partial charge in [0.15, 0.2) is 0 Å². The summed E-state index contributed by atoms with van der Waals surface area (Å²) in [4.78, 5) is 19.1. The molecule has 0 atom stereocenters. The number of fused-ring (bicyclic) bond motifs is 1. The summed E-state index contributed by atoms with van der Waals surface area (Å²) in [6.45, 7) is 9.83. The minimum atomic E-state index is -3.80. The van der Waals surface area contributed by atoms with Gasteiger partial charge in [-0.1, -0.05) is 63.2 Å². The van der Waals surface area contributed by atoms with Crippen molar-refractivity contribution in [1.29, 1.82) is 0 Å². The molecule has 1 saturated heterocycles. The number of H-pyrrole nitrogens is 1. The number of rotatable bonds is 8. The summed E-state index contributed by atoms with van der Waals surface area (Å²) in [7, 11) is -3.80. The van der Waals surface area contributed by atoms with Crippen LogP contribution in [0.25, 0.3) is 22.0 Å². The van der Waals surface area contributed by atoms with Crippen molar-refractivity contribution in [2.45, 2.75) is 43.9 Å². The molecule has 39 heavy (non-hydrogen) atoms. The summed E-state index contributed by atoms with van der Waals surface area (Å²) >= 11 is 0. The van der Waals surface area contributed by atoms with Gasteiger partial charge in [-0.05, 0) is 72.8 Å². The predicted molar refractivity (Wildman–Crippen MR) is 158 cm³/mol. The molecule has 4 aromatic rings. The van der Waals surface area contributed by atoms with Gasteiger partial charge in [0.2, 0.25) is 0 Å². The van der Waals surface area contributed by atoms with E-state index in [4.69, 9.17) is 0 Å². The zero-order chi connectivity index (χ0) is 27.6. The molecule has 2 heterocycles.